The van der Waals surface area contributed by atoms with Crippen molar-refractivity contribution in [2.45, 2.75) is 52.4 Å². The van der Waals surface area contributed by atoms with Crippen molar-refractivity contribution in [1.29, 1.82) is 5.26 Å². The lowest BCUT2D eigenvalue weighted by Gasteiger charge is -2.28. The number of aryl methyl sites for hydroxylation is 2. The number of nitrogens with one attached hydrogen (secondary N) is 3. The lowest BCUT2D eigenvalue weighted by Crippen LogP contribution is -2.31. The van der Waals surface area contributed by atoms with Crippen molar-refractivity contribution in [3.63, 3.8) is 0 Å². The number of anilines is 2. The van der Waals surface area contributed by atoms with Crippen LogP contribution in [-0.2, 0) is 27.2 Å². The molecular weight excluding hydrogens is 585 g/mol. The van der Waals surface area contributed by atoms with Crippen molar-refractivity contribution in [3.05, 3.63) is 91.9 Å². The highest BCUT2D eigenvalue weighted by Crippen LogP contribution is 2.42. The summed E-state index contributed by atoms with van der Waals surface area (Å²) in [6, 6.07) is 13.1. The van der Waals surface area contributed by atoms with Gasteiger partial charge in [-0.25, -0.2) is 4.79 Å². The number of thioether (sulfide) groups is 1. The van der Waals surface area contributed by atoms with E-state index in [0.717, 1.165) is 53.4 Å². The van der Waals surface area contributed by atoms with E-state index in [2.05, 4.69) is 22.0 Å². The largest absolute Gasteiger partial charge is 0.468 e. The molecule has 2 aromatic heterocycles. The van der Waals surface area contributed by atoms with E-state index in [1.807, 2.05) is 25.1 Å². The van der Waals surface area contributed by atoms with Gasteiger partial charge >= 0.3 is 5.97 Å². The van der Waals surface area contributed by atoms with Crippen LogP contribution >= 0.6 is 23.1 Å². The van der Waals surface area contributed by atoms with Crippen molar-refractivity contribution in [1.82, 2.24) is 5.32 Å². The molecule has 0 spiro atoms. The molecule has 222 valence electrons. The molecule has 3 heterocycles. The first kappa shape index (κ1) is 30.2. The zero-order valence-electron chi connectivity index (χ0n) is 24.2. The van der Waals surface area contributed by atoms with Crippen molar-refractivity contribution >= 4 is 51.6 Å². The van der Waals surface area contributed by atoms with Gasteiger partial charge in [0.1, 0.15) is 10.8 Å². The molecule has 0 bridgehead atoms. The van der Waals surface area contributed by atoms with Crippen LogP contribution in [0.4, 0.5) is 10.7 Å². The highest BCUT2D eigenvalue weighted by molar-refractivity contribution is 8.03. The minimum absolute atomic E-state index is 0.0265. The number of hydrogen-bond donors (Lipinski definition) is 3. The molecule has 0 fully saturated rings. The summed E-state index contributed by atoms with van der Waals surface area (Å²) in [4.78, 5) is 40.7. The fourth-order valence-electron chi connectivity index (χ4n) is 5.36. The number of amides is 2. The smallest absolute Gasteiger partial charge is 0.341 e. The Morgan fingerprint density at radius 2 is 1.98 bits per heavy atom. The van der Waals surface area contributed by atoms with Gasteiger partial charge in [-0.3, -0.25) is 9.59 Å². The van der Waals surface area contributed by atoms with Gasteiger partial charge in [-0.2, -0.15) is 5.26 Å². The number of carbonyl (C=O) groups excluding carboxylic acids is 3. The quantitative estimate of drug-likeness (QED) is 0.235. The molecular formula is C32H32N4O5S2. The Kier molecular flexibility index (Phi) is 9.38. The number of dihydropyridines is 1. The van der Waals surface area contributed by atoms with Gasteiger partial charge in [0, 0.05) is 16.3 Å². The molecule has 1 atom stereocenters. The summed E-state index contributed by atoms with van der Waals surface area (Å²) >= 11 is 2.58. The molecule has 1 aromatic carbocycles. The Bertz CT molecular complexity index is 1660. The fraction of sp³-hybridized carbons (Fsp3) is 0.312. The third-order valence-corrected chi connectivity index (χ3v) is 9.47. The number of fused-ring (bicyclic) bond motifs is 1. The molecule has 11 heteroatoms. The van der Waals surface area contributed by atoms with Gasteiger partial charge in [-0.05, 0) is 81.8 Å². The second-order valence-electron chi connectivity index (χ2n) is 10.3. The number of rotatable bonds is 9. The summed E-state index contributed by atoms with van der Waals surface area (Å²) in [5, 5.41) is 20.3. The summed E-state index contributed by atoms with van der Waals surface area (Å²) in [6.07, 6.45) is 5.19. The van der Waals surface area contributed by atoms with Crippen LogP contribution in [0, 0.1) is 18.3 Å². The number of carbonyl (C=O) groups is 3. The summed E-state index contributed by atoms with van der Waals surface area (Å²) in [5.41, 5.74) is 4.23. The molecule has 5 rings (SSSR count). The third-order valence-electron chi connectivity index (χ3n) is 7.25. The van der Waals surface area contributed by atoms with E-state index in [4.69, 9.17) is 9.15 Å². The second-order valence-corrected chi connectivity index (χ2v) is 12.4. The van der Waals surface area contributed by atoms with Crippen molar-refractivity contribution < 1.29 is 23.5 Å². The first-order valence-electron chi connectivity index (χ1n) is 14.1. The number of nitriles is 1. The Morgan fingerprint density at radius 1 is 1.16 bits per heavy atom. The molecule has 1 aliphatic heterocycles. The first-order chi connectivity index (χ1) is 20.8. The molecule has 0 saturated carbocycles. The lowest BCUT2D eigenvalue weighted by molar-refractivity contribution is -0.114. The molecule has 0 radical (unpaired) electrons. The van der Waals surface area contributed by atoms with Gasteiger partial charge in [-0.15, -0.1) is 11.3 Å². The van der Waals surface area contributed by atoms with Crippen LogP contribution in [0.3, 0.4) is 0 Å². The highest BCUT2D eigenvalue weighted by Gasteiger charge is 2.37. The van der Waals surface area contributed by atoms with Crippen LogP contribution < -0.4 is 16.0 Å². The van der Waals surface area contributed by atoms with Crippen LogP contribution in [0.25, 0.3) is 0 Å². The highest BCUT2D eigenvalue weighted by atomic mass is 32.2. The van der Waals surface area contributed by atoms with E-state index in [9.17, 15) is 19.6 Å². The number of thiophene rings is 1. The van der Waals surface area contributed by atoms with Crippen LogP contribution in [0.5, 0.6) is 0 Å². The normalized spacial score (nSPS) is 16.2. The molecule has 0 saturated heterocycles. The van der Waals surface area contributed by atoms with Crippen LogP contribution in [-0.4, -0.2) is 30.1 Å². The molecule has 3 N–H and O–H groups in total. The van der Waals surface area contributed by atoms with E-state index in [0.29, 0.717) is 38.3 Å². The number of allylic oxidation sites excluding steroid dienone is 2. The van der Waals surface area contributed by atoms with E-state index in [-0.39, 0.29) is 29.7 Å². The summed E-state index contributed by atoms with van der Waals surface area (Å²) in [6.45, 7) is 5.71. The summed E-state index contributed by atoms with van der Waals surface area (Å²) in [7, 11) is 0. The Labute approximate surface area is 258 Å². The van der Waals surface area contributed by atoms with E-state index in [1.54, 1.807) is 32.0 Å². The summed E-state index contributed by atoms with van der Waals surface area (Å²) < 4.78 is 11.0. The van der Waals surface area contributed by atoms with Crippen molar-refractivity contribution in [3.8, 4) is 6.07 Å². The van der Waals surface area contributed by atoms with Crippen LogP contribution in [0.1, 0.15) is 64.7 Å². The number of furan rings is 1. The topological polar surface area (TPSA) is 133 Å². The Morgan fingerprint density at radius 3 is 2.70 bits per heavy atom. The van der Waals surface area contributed by atoms with Crippen LogP contribution in [0.15, 0.2) is 69.0 Å². The average molecular weight is 617 g/mol. The standard InChI is InChI=1S/C32H32N4O5S2/c1-4-40-32(39)28-21-11-5-6-13-24(21)43-31(28)36-25(37)17-42-30-22(16-33)27(23-12-8-14-41-23)26(19(3)34-30)29(38)35-20-10-7-9-18(2)15-20/h7-10,12,14-15,27,34H,4-6,11,13,17H2,1-3H3,(H,35,38)(H,36,37)/t27-/m0/s1. The first-order valence-corrected chi connectivity index (χ1v) is 15.9. The molecule has 43 heavy (non-hydrogen) atoms. The maximum absolute atomic E-state index is 13.6. The average Bonchev–Trinajstić information content (AvgIpc) is 3.64. The maximum atomic E-state index is 13.6. The Balaban J connectivity index is 1.37. The third kappa shape index (κ3) is 6.55. The van der Waals surface area contributed by atoms with E-state index in [1.165, 1.54) is 17.6 Å². The predicted molar refractivity (Wildman–Crippen MR) is 168 cm³/mol. The molecule has 3 aromatic rings. The molecule has 9 nitrogen and oxygen atoms in total. The number of benzene rings is 1. The molecule has 2 amide bonds. The summed E-state index contributed by atoms with van der Waals surface area (Å²) in [5.74, 6) is -1.46. The number of esters is 1. The second kappa shape index (κ2) is 13.4. The van der Waals surface area contributed by atoms with Crippen molar-refractivity contribution in [2.75, 3.05) is 23.0 Å². The van der Waals surface area contributed by atoms with Gasteiger partial charge < -0.3 is 25.1 Å². The van der Waals surface area contributed by atoms with Gasteiger partial charge in [0.2, 0.25) is 5.91 Å². The van der Waals surface area contributed by atoms with Gasteiger partial charge in [-0.1, -0.05) is 23.9 Å². The number of ether oxygens (including phenoxy) is 1. The minimum Gasteiger partial charge on any atom is -0.468 e. The lowest BCUT2D eigenvalue weighted by atomic mass is 9.85. The van der Waals surface area contributed by atoms with Gasteiger partial charge in [0.05, 0.1) is 52.3 Å². The monoisotopic (exact) mass is 616 g/mol. The van der Waals surface area contributed by atoms with Gasteiger partial charge in [0.25, 0.3) is 5.91 Å². The molecule has 0 unspecified atom stereocenters. The maximum Gasteiger partial charge on any atom is 0.341 e. The Hall–Kier alpha value is -4.27. The predicted octanol–water partition coefficient (Wildman–Crippen LogP) is 6.41. The van der Waals surface area contributed by atoms with Crippen molar-refractivity contribution in [2.24, 2.45) is 0 Å². The molecule has 2 aliphatic rings. The van der Waals surface area contributed by atoms with Gasteiger partial charge in [0.15, 0.2) is 0 Å². The molecule has 1 aliphatic carbocycles. The fourth-order valence-corrected chi connectivity index (χ4v) is 7.55. The number of hydrogen-bond acceptors (Lipinski definition) is 9. The van der Waals surface area contributed by atoms with Crippen LogP contribution in [0.2, 0.25) is 0 Å². The van der Waals surface area contributed by atoms with E-state index < -0.39 is 11.9 Å². The minimum atomic E-state index is -0.768. The SMILES string of the molecule is CCOC(=O)c1c(NC(=O)CSC2=C(C#N)[C@@H](c3ccco3)C(C(=O)Nc3cccc(C)c3)=C(C)N2)sc2c1CCCC2. The zero-order chi connectivity index (χ0) is 30.5. The van der Waals surface area contributed by atoms with E-state index >= 15 is 0 Å². The zero-order valence-corrected chi connectivity index (χ0v) is 25.8. The number of nitrogens with zero attached hydrogens (tertiary/aromatic N) is 1.